The van der Waals surface area contributed by atoms with Crippen molar-refractivity contribution in [2.45, 2.75) is 36.3 Å². The standard InChI is InChI=1S/C18H22F2N4O4S2/c19-15-4-1-3-12(17(15)20)11-29-18-21-13(5-6-14(26)10-25)9-16(22-18)23-30(27,28)24-7-2-8-24/h1,3-4,9,14,25-26H,2,5-8,10-11H2,(H,21,22,23)/t14-/m1/s1. The zero-order chi connectivity index (χ0) is 21.7. The van der Waals surface area contributed by atoms with E-state index in [4.69, 9.17) is 5.11 Å². The van der Waals surface area contributed by atoms with Gasteiger partial charge in [0.1, 0.15) is 5.82 Å². The van der Waals surface area contributed by atoms with Gasteiger partial charge < -0.3 is 10.2 Å². The van der Waals surface area contributed by atoms with E-state index in [9.17, 15) is 22.3 Å². The first-order valence-electron chi connectivity index (χ1n) is 9.29. The second-order valence-electron chi connectivity index (χ2n) is 6.76. The third-order valence-corrected chi connectivity index (χ3v) is 6.89. The topological polar surface area (TPSA) is 116 Å². The van der Waals surface area contributed by atoms with E-state index in [2.05, 4.69) is 14.7 Å². The molecule has 0 saturated carbocycles. The van der Waals surface area contributed by atoms with E-state index in [1.54, 1.807) is 0 Å². The van der Waals surface area contributed by atoms with Crippen LogP contribution in [0.4, 0.5) is 14.6 Å². The number of hydrogen-bond acceptors (Lipinski definition) is 7. The van der Waals surface area contributed by atoms with Crippen molar-refractivity contribution in [1.29, 1.82) is 0 Å². The lowest BCUT2D eigenvalue weighted by molar-refractivity contribution is 0.0883. The fourth-order valence-electron chi connectivity index (χ4n) is 2.65. The summed E-state index contributed by atoms with van der Waals surface area (Å²) in [7, 11) is -3.74. The molecule has 1 aromatic carbocycles. The number of nitrogens with zero attached hydrogens (tertiary/aromatic N) is 3. The molecule has 0 amide bonds. The average molecular weight is 461 g/mol. The number of aryl methyl sites for hydroxylation is 1. The lowest BCUT2D eigenvalue weighted by Gasteiger charge is -2.29. The molecule has 1 fully saturated rings. The van der Waals surface area contributed by atoms with Crippen LogP contribution in [0, 0.1) is 11.6 Å². The van der Waals surface area contributed by atoms with Gasteiger partial charge in [0, 0.05) is 36.2 Å². The van der Waals surface area contributed by atoms with Crippen molar-refractivity contribution in [2.24, 2.45) is 0 Å². The molecule has 2 aromatic rings. The number of aliphatic hydroxyl groups excluding tert-OH is 2. The van der Waals surface area contributed by atoms with Gasteiger partial charge in [0.25, 0.3) is 0 Å². The SMILES string of the molecule is O=S(=O)(Nc1cc(CC[C@@H](O)CO)nc(SCc2cccc(F)c2F)n1)N1CCC1. The summed E-state index contributed by atoms with van der Waals surface area (Å²) in [5.41, 5.74) is 0.577. The molecule has 0 bridgehead atoms. The van der Waals surface area contributed by atoms with Gasteiger partial charge in [-0.15, -0.1) is 0 Å². The quantitative estimate of drug-likeness (QED) is 0.365. The molecule has 0 aliphatic carbocycles. The van der Waals surface area contributed by atoms with E-state index in [1.807, 2.05) is 0 Å². The van der Waals surface area contributed by atoms with Crippen LogP contribution in [0.2, 0.25) is 0 Å². The second kappa shape index (κ2) is 9.96. The van der Waals surface area contributed by atoms with E-state index in [0.29, 0.717) is 18.8 Å². The maximum absolute atomic E-state index is 13.9. The first kappa shape index (κ1) is 22.8. The zero-order valence-corrected chi connectivity index (χ0v) is 17.6. The molecule has 1 aromatic heterocycles. The van der Waals surface area contributed by atoms with E-state index in [-0.39, 0.29) is 35.1 Å². The number of aromatic nitrogens is 2. The van der Waals surface area contributed by atoms with Gasteiger partial charge in [-0.2, -0.15) is 12.7 Å². The molecule has 164 valence electrons. The van der Waals surface area contributed by atoms with Gasteiger partial charge in [0.05, 0.1) is 12.7 Å². The van der Waals surface area contributed by atoms with Crippen molar-refractivity contribution < 1.29 is 27.4 Å². The third kappa shape index (κ3) is 5.85. The fraction of sp³-hybridized carbons (Fsp3) is 0.444. The monoisotopic (exact) mass is 460 g/mol. The highest BCUT2D eigenvalue weighted by Crippen LogP contribution is 2.25. The van der Waals surface area contributed by atoms with Crippen molar-refractivity contribution in [1.82, 2.24) is 14.3 Å². The number of anilines is 1. The van der Waals surface area contributed by atoms with Crippen molar-refractivity contribution >= 4 is 27.8 Å². The molecule has 30 heavy (non-hydrogen) atoms. The van der Waals surface area contributed by atoms with Gasteiger partial charge in [0.15, 0.2) is 16.8 Å². The summed E-state index contributed by atoms with van der Waals surface area (Å²) >= 11 is 1.03. The van der Waals surface area contributed by atoms with Crippen molar-refractivity contribution in [3.63, 3.8) is 0 Å². The largest absolute Gasteiger partial charge is 0.394 e. The molecule has 8 nitrogen and oxygen atoms in total. The first-order valence-corrected chi connectivity index (χ1v) is 11.7. The maximum atomic E-state index is 13.9. The summed E-state index contributed by atoms with van der Waals surface area (Å²) in [6.45, 7) is 0.451. The molecule has 2 heterocycles. The lowest BCUT2D eigenvalue weighted by atomic mass is 10.1. The van der Waals surface area contributed by atoms with E-state index < -0.39 is 34.6 Å². The minimum atomic E-state index is -3.74. The number of rotatable bonds is 10. The Morgan fingerprint density at radius 1 is 1.27 bits per heavy atom. The molecule has 0 spiro atoms. The van der Waals surface area contributed by atoms with Gasteiger partial charge in [0.2, 0.25) is 0 Å². The molecular weight excluding hydrogens is 438 g/mol. The van der Waals surface area contributed by atoms with Crippen LogP contribution in [0.3, 0.4) is 0 Å². The average Bonchev–Trinajstić information content (AvgIpc) is 2.65. The highest BCUT2D eigenvalue weighted by atomic mass is 32.2. The number of halogens is 2. The summed E-state index contributed by atoms with van der Waals surface area (Å²) < 4.78 is 55.7. The van der Waals surface area contributed by atoms with Crippen LogP contribution in [0.25, 0.3) is 0 Å². The Morgan fingerprint density at radius 3 is 2.70 bits per heavy atom. The number of nitrogens with one attached hydrogen (secondary N) is 1. The molecule has 1 aliphatic rings. The Kier molecular flexibility index (Phi) is 7.58. The van der Waals surface area contributed by atoms with Crippen LogP contribution >= 0.6 is 11.8 Å². The predicted octanol–water partition coefficient (Wildman–Crippen LogP) is 1.70. The molecule has 1 atom stereocenters. The minimum absolute atomic E-state index is 0.0463. The molecule has 0 unspecified atom stereocenters. The maximum Gasteiger partial charge on any atom is 0.302 e. The van der Waals surface area contributed by atoms with Crippen LogP contribution in [0.5, 0.6) is 0 Å². The Bertz CT molecular complexity index is 990. The highest BCUT2D eigenvalue weighted by Gasteiger charge is 2.28. The first-order chi connectivity index (χ1) is 14.3. The molecule has 1 saturated heterocycles. The number of benzene rings is 1. The second-order valence-corrected chi connectivity index (χ2v) is 9.38. The van der Waals surface area contributed by atoms with Crippen molar-refractivity contribution in [3.8, 4) is 0 Å². The molecule has 3 N–H and O–H groups in total. The summed E-state index contributed by atoms with van der Waals surface area (Å²) in [5.74, 6) is -1.81. The Hall–Kier alpha value is -1.86. The number of hydrogen-bond donors (Lipinski definition) is 3. The van der Waals surface area contributed by atoms with Crippen LogP contribution in [0.15, 0.2) is 29.4 Å². The van der Waals surface area contributed by atoms with Gasteiger partial charge in [-0.25, -0.2) is 18.7 Å². The third-order valence-electron chi connectivity index (χ3n) is 4.48. The van der Waals surface area contributed by atoms with Gasteiger partial charge >= 0.3 is 10.2 Å². The minimum Gasteiger partial charge on any atom is -0.394 e. The molecule has 1 aliphatic heterocycles. The van der Waals surface area contributed by atoms with Gasteiger partial charge in [-0.05, 0) is 25.3 Å². The Balaban J connectivity index is 1.80. The highest BCUT2D eigenvalue weighted by molar-refractivity contribution is 7.98. The van der Waals surface area contributed by atoms with E-state index in [0.717, 1.165) is 24.2 Å². The summed E-state index contributed by atoms with van der Waals surface area (Å²) in [4.78, 5) is 8.49. The normalized spacial score (nSPS) is 15.6. The predicted molar refractivity (Wildman–Crippen MR) is 108 cm³/mol. The van der Waals surface area contributed by atoms with Crippen LogP contribution in [-0.2, 0) is 22.4 Å². The van der Waals surface area contributed by atoms with Crippen molar-refractivity contribution in [3.05, 3.63) is 47.2 Å². The molecular formula is C18H22F2N4O4S2. The van der Waals surface area contributed by atoms with Gasteiger partial charge in [-0.3, -0.25) is 4.72 Å². The summed E-state index contributed by atoms with van der Waals surface area (Å²) in [6.07, 6.45) is 0.340. The summed E-state index contributed by atoms with van der Waals surface area (Å²) in [6, 6.07) is 5.32. The lowest BCUT2D eigenvalue weighted by Crippen LogP contribution is -2.45. The number of aliphatic hydroxyl groups is 2. The van der Waals surface area contributed by atoms with Crippen LogP contribution in [-0.4, -0.2) is 58.7 Å². The van der Waals surface area contributed by atoms with Gasteiger partial charge in [-0.1, -0.05) is 23.9 Å². The molecule has 3 rings (SSSR count). The summed E-state index contributed by atoms with van der Waals surface area (Å²) in [5, 5.41) is 18.7. The Labute approximate surface area is 177 Å². The Morgan fingerprint density at radius 2 is 2.03 bits per heavy atom. The molecule has 12 heteroatoms. The van der Waals surface area contributed by atoms with E-state index >= 15 is 0 Å². The van der Waals surface area contributed by atoms with Crippen molar-refractivity contribution in [2.75, 3.05) is 24.4 Å². The van der Waals surface area contributed by atoms with E-state index in [1.165, 1.54) is 22.5 Å². The number of thioether (sulfide) groups is 1. The smallest absolute Gasteiger partial charge is 0.302 e. The van der Waals surface area contributed by atoms with Crippen LogP contribution < -0.4 is 4.72 Å². The molecule has 0 radical (unpaired) electrons. The zero-order valence-electron chi connectivity index (χ0n) is 16.0. The van der Waals surface area contributed by atoms with Crippen LogP contribution in [0.1, 0.15) is 24.1 Å². The fourth-order valence-corrected chi connectivity index (χ4v) is 4.74.